The Morgan fingerprint density at radius 1 is 1.14 bits per heavy atom. The van der Waals surface area contributed by atoms with E-state index in [1.165, 1.54) is 4.31 Å². The van der Waals surface area contributed by atoms with E-state index in [0.29, 0.717) is 29.4 Å². The molecule has 10 heteroatoms. The van der Waals surface area contributed by atoms with Crippen LogP contribution in [-0.4, -0.2) is 57.6 Å². The minimum Gasteiger partial charge on any atom is -0.497 e. The van der Waals surface area contributed by atoms with Gasteiger partial charge >= 0.3 is 0 Å². The van der Waals surface area contributed by atoms with Crippen LogP contribution in [0.3, 0.4) is 0 Å². The fourth-order valence-corrected chi connectivity index (χ4v) is 5.27. The molecule has 0 unspecified atom stereocenters. The summed E-state index contributed by atoms with van der Waals surface area (Å²) in [4.78, 5) is 28.0. The number of carbonyl (C=O) groups is 2. The maximum Gasteiger partial charge on any atom is 0.242 e. The Hall–Kier alpha value is -2.78. The fraction of sp³-hybridized carbons (Fsp3) is 0.481. The number of sulfonamides is 1. The third kappa shape index (κ3) is 8.93. The molecule has 2 amide bonds. The van der Waals surface area contributed by atoms with Crippen molar-refractivity contribution >= 4 is 39.1 Å². The van der Waals surface area contributed by atoms with Gasteiger partial charge in [0, 0.05) is 31.1 Å². The van der Waals surface area contributed by atoms with Gasteiger partial charge in [-0.1, -0.05) is 43.6 Å². The summed E-state index contributed by atoms with van der Waals surface area (Å²) in [6.07, 6.45) is 2.72. The lowest BCUT2D eigenvalue weighted by atomic mass is 10.1. The highest BCUT2D eigenvalue weighted by Crippen LogP contribution is 2.27. The number of aryl methyl sites for hydroxylation is 1. The minimum atomic E-state index is -3.60. The Bertz CT molecular complexity index is 1170. The zero-order valence-electron chi connectivity index (χ0n) is 22.3. The number of rotatable bonds is 14. The number of halogens is 1. The number of anilines is 1. The van der Waals surface area contributed by atoms with Crippen molar-refractivity contribution in [2.24, 2.45) is 0 Å². The van der Waals surface area contributed by atoms with Crippen molar-refractivity contribution in [2.75, 3.05) is 30.8 Å². The molecule has 2 aromatic carbocycles. The Morgan fingerprint density at radius 2 is 1.86 bits per heavy atom. The zero-order valence-corrected chi connectivity index (χ0v) is 23.9. The average molecular weight is 552 g/mol. The monoisotopic (exact) mass is 551 g/mol. The minimum absolute atomic E-state index is 0.0765. The average Bonchev–Trinajstić information content (AvgIpc) is 2.86. The number of nitrogens with one attached hydrogen (secondary N) is 1. The largest absolute Gasteiger partial charge is 0.497 e. The van der Waals surface area contributed by atoms with Crippen LogP contribution in [0, 0.1) is 6.92 Å². The number of benzene rings is 2. The van der Waals surface area contributed by atoms with Crippen molar-refractivity contribution in [3.05, 3.63) is 58.6 Å². The van der Waals surface area contributed by atoms with Gasteiger partial charge in [0.05, 0.1) is 19.1 Å². The highest BCUT2D eigenvalue weighted by atomic mass is 35.5. The predicted octanol–water partition coefficient (Wildman–Crippen LogP) is 4.54. The lowest BCUT2D eigenvalue weighted by Gasteiger charge is -2.31. The van der Waals surface area contributed by atoms with E-state index in [1.807, 2.05) is 45.0 Å². The van der Waals surface area contributed by atoms with Gasteiger partial charge in [-0.2, -0.15) is 0 Å². The van der Waals surface area contributed by atoms with Crippen LogP contribution in [0.4, 0.5) is 5.69 Å². The fourth-order valence-electron chi connectivity index (χ4n) is 4.09. The first-order valence-electron chi connectivity index (χ1n) is 12.5. The summed E-state index contributed by atoms with van der Waals surface area (Å²) in [6.45, 7) is 6.52. The van der Waals surface area contributed by atoms with Crippen LogP contribution in [0.5, 0.6) is 5.75 Å². The normalized spacial score (nSPS) is 12.1. The van der Waals surface area contributed by atoms with Crippen LogP contribution < -0.4 is 14.4 Å². The van der Waals surface area contributed by atoms with Gasteiger partial charge in [0.25, 0.3) is 0 Å². The molecule has 8 nitrogen and oxygen atoms in total. The molecule has 0 aromatic heterocycles. The van der Waals surface area contributed by atoms with Gasteiger partial charge in [-0.3, -0.25) is 13.9 Å². The van der Waals surface area contributed by atoms with E-state index in [2.05, 4.69) is 5.32 Å². The van der Waals surface area contributed by atoms with Crippen molar-refractivity contribution in [1.29, 1.82) is 0 Å². The van der Waals surface area contributed by atoms with E-state index in [1.54, 1.807) is 30.2 Å². The van der Waals surface area contributed by atoms with Crippen LogP contribution in [0.15, 0.2) is 42.5 Å². The summed E-state index contributed by atoms with van der Waals surface area (Å²) in [5, 5.41) is 3.33. The Labute approximate surface area is 226 Å². The number of methoxy groups -OCH3 is 1. The van der Waals surface area contributed by atoms with E-state index in [0.717, 1.165) is 23.8 Å². The lowest BCUT2D eigenvalue weighted by molar-refractivity contribution is -0.141. The molecule has 0 saturated carbocycles. The molecule has 0 bridgehead atoms. The van der Waals surface area contributed by atoms with Gasteiger partial charge in [-0.05, 0) is 61.6 Å². The van der Waals surface area contributed by atoms with Gasteiger partial charge in [-0.15, -0.1) is 0 Å². The van der Waals surface area contributed by atoms with E-state index >= 15 is 0 Å². The number of nitrogens with zero attached hydrogens (tertiary/aromatic N) is 2. The maximum atomic E-state index is 13.5. The zero-order chi connectivity index (χ0) is 27.6. The molecular weight excluding hydrogens is 514 g/mol. The molecule has 0 fully saturated rings. The quantitative estimate of drug-likeness (QED) is 0.372. The van der Waals surface area contributed by atoms with Gasteiger partial charge in [0.15, 0.2) is 0 Å². The number of ether oxygens (including phenoxy) is 1. The maximum absolute atomic E-state index is 13.5. The summed E-state index contributed by atoms with van der Waals surface area (Å²) in [5.74, 6) is 0.236. The molecule has 204 valence electrons. The Balaban J connectivity index is 2.26. The predicted molar refractivity (Wildman–Crippen MR) is 149 cm³/mol. The van der Waals surface area contributed by atoms with Crippen molar-refractivity contribution < 1.29 is 22.7 Å². The summed E-state index contributed by atoms with van der Waals surface area (Å²) < 4.78 is 31.7. The molecule has 37 heavy (non-hydrogen) atoms. The second-order valence-corrected chi connectivity index (χ2v) is 11.3. The van der Waals surface area contributed by atoms with Crippen LogP contribution >= 0.6 is 11.6 Å². The topological polar surface area (TPSA) is 96.0 Å². The number of hydrogen-bond acceptors (Lipinski definition) is 5. The molecule has 0 spiro atoms. The summed E-state index contributed by atoms with van der Waals surface area (Å²) in [5.41, 5.74) is 2.09. The van der Waals surface area contributed by atoms with E-state index < -0.39 is 16.1 Å². The number of carbonyl (C=O) groups excluding carboxylic acids is 2. The van der Waals surface area contributed by atoms with E-state index in [4.69, 9.17) is 16.3 Å². The Morgan fingerprint density at radius 3 is 2.49 bits per heavy atom. The Kier molecular flexibility index (Phi) is 11.7. The van der Waals surface area contributed by atoms with Crippen molar-refractivity contribution in [1.82, 2.24) is 10.2 Å². The third-order valence-corrected chi connectivity index (χ3v) is 7.43. The first kappa shape index (κ1) is 30.4. The molecule has 1 atom stereocenters. The SMILES string of the molecule is CCCNC(=O)[C@@H](CC)N(Cc1cccc(OC)c1)C(=O)CCCN(c1cc(Cl)ccc1C)S(C)(=O)=O. The molecule has 0 aliphatic carbocycles. The van der Waals surface area contributed by atoms with E-state index in [9.17, 15) is 18.0 Å². The highest BCUT2D eigenvalue weighted by molar-refractivity contribution is 7.92. The molecule has 2 rings (SSSR count). The first-order chi connectivity index (χ1) is 17.5. The highest BCUT2D eigenvalue weighted by Gasteiger charge is 2.29. The third-order valence-electron chi connectivity index (χ3n) is 6.01. The van der Waals surface area contributed by atoms with Gasteiger partial charge < -0.3 is 15.0 Å². The van der Waals surface area contributed by atoms with Crippen molar-refractivity contribution in [3.8, 4) is 5.75 Å². The van der Waals surface area contributed by atoms with Gasteiger partial charge in [0.2, 0.25) is 21.8 Å². The van der Waals surface area contributed by atoms with Crippen molar-refractivity contribution in [3.63, 3.8) is 0 Å². The van der Waals surface area contributed by atoms with Gasteiger partial charge in [-0.25, -0.2) is 8.42 Å². The summed E-state index contributed by atoms with van der Waals surface area (Å²) in [7, 11) is -2.03. The number of hydrogen-bond donors (Lipinski definition) is 1. The summed E-state index contributed by atoms with van der Waals surface area (Å²) >= 11 is 6.12. The van der Waals surface area contributed by atoms with Crippen LogP contribution in [0.25, 0.3) is 0 Å². The van der Waals surface area contributed by atoms with Crippen LogP contribution in [-0.2, 0) is 26.2 Å². The summed E-state index contributed by atoms with van der Waals surface area (Å²) in [6, 6.07) is 11.8. The molecule has 2 aromatic rings. The molecule has 0 saturated heterocycles. The van der Waals surface area contributed by atoms with Crippen LogP contribution in [0.1, 0.15) is 50.7 Å². The molecule has 1 N–H and O–H groups in total. The smallest absolute Gasteiger partial charge is 0.242 e. The van der Waals surface area contributed by atoms with Gasteiger partial charge in [0.1, 0.15) is 11.8 Å². The second kappa shape index (κ2) is 14.2. The molecule has 0 aliphatic rings. The second-order valence-electron chi connectivity index (χ2n) is 8.96. The van der Waals surface area contributed by atoms with Crippen LogP contribution in [0.2, 0.25) is 5.02 Å². The van der Waals surface area contributed by atoms with Crippen molar-refractivity contribution in [2.45, 2.75) is 59.0 Å². The first-order valence-corrected chi connectivity index (χ1v) is 14.7. The number of amides is 2. The molecular formula is C27H38ClN3O5S. The molecule has 0 heterocycles. The standard InChI is InChI=1S/C27H38ClN3O5S/c1-6-15-29-27(33)24(7-2)30(19-21-10-8-11-23(17-21)36-4)26(32)12-9-16-31(37(5,34)35)25-18-22(28)14-13-20(25)3/h8,10-11,13-14,17-18,24H,6-7,9,12,15-16,19H2,1-5H3,(H,29,33)/t24-/m1/s1. The lowest BCUT2D eigenvalue weighted by Crippen LogP contribution is -2.49. The van der Waals surface area contributed by atoms with E-state index in [-0.39, 0.29) is 37.7 Å². The molecule has 0 radical (unpaired) electrons. The molecule has 0 aliphatic heterocycles.